The quantitative estimate of drug-likeness (QED) is 0.867. The predicted octanol–water partition coefficient (Wildman–Crippen LogP) is 0.984. The van der Waals surface area contributed by atoms with E-state index < -0.39 is 0 Å². The molecule has 21 heavy (non-hydrogen) atoms. The van der Waals surface area contributed by atoms with Crippen LogP contribution in [0.2, 0.25) is 0 Å². The molecule has 0 radical (unpaired) electrons. The van der Waals surface area contributed by atoms with E-state index in [0.29, 0.717) is 0 Å². The fourth-order valence-electron chi connectivity index (χ4n) is 2.94. The van der Waals surface area contributed by atoms with Crippen molar-refractivity contribution in [1.82, 2.24) is 4.98 Å². The lowest BCUT2D eigenvalue weighted by Gasteiger charge is -2.27. The standard InChI is InChI=1S/C15H22N4O2/c16-12-2-1-11(9-12)15(20)18-13-3-4-14(17-10-13)19-5-7-21-8-6-19/h3-4,10-12H,1-2,5-9,16H2,(H,18,20). The van der Waals surface area contributed by atoms with Gasteiger partial charge in [0.05, 0.1) is 25.1 Å². The van der Waals surface area contributed by atoms with Crippen molar-refractivity contribution in [3.63, 3.8) is 0 Å². The van der Waals surface area contributed by atoms with Crippen LogP contribution in [0.4, 0.5) is 11.5 Å². The van der Waals surface area contributed by atoms with Crippen LogP contribution in [0.25, 0.3) is 0 Å². The summed E-state index contributed by atoms with van der Waals surface area (Å²) in [5, 5.41) is 2.93. The van der Waals surface area contributed by atoms with Gasteiger partial charge in [0.15, 0.2) is 0 Å². The minimum absolute atomic E-state index is 0.0407. The van der Waals surface area contributed by atoms with Gasteiger partial charge >= 0.3 is 0 Å². The van der Waals surface area contributed by atoms with Crippen LogP contribution in [0.5, 0.6) is 0 Å². The summed E-state index contributed by atoms with van der Waals surface area (Å²) < 4.78 is 5.33. The van der Waals surface area contributed by atoms with E-state index in [2.05, 4.69) is 15.2 Å². The second-order valence-corrected chi connectivity index (χ2v) is 5.76. The van der Waals surface area contributed by atoms with Gasteiger partial charge in [-0.1, -0.05) is 0 Å². The summed E-state index contributed by atoms with van der Waals surface area (Å²) in [5.41, 5.74) is 6.60. The van der Waals surface area contributed by atoms with Gasteiger partial charge in [0, 0.05) is 25.0 Å². The number of amides is 1. The van der Waals surface area contributed by atoms with E-state index in [9.17, 15) is 4.79 Å². The highest BCUT2D eigenvalue weighted by molar-refractivity contribution is 5.92. The molecule has 2 unspecified atom stereocenters. The Bertz CT molecular complexity index is 485. The molecule has 1 aliphatic heterocycles. The molecular weight excluding hydrogens is 268 g/mol. The number of hydrogen-bond donors (Lipinski definition) is 2. The molecule has 2 aliphatic rings. The van der Waals surface area contributed by atoms with Crippen LogP contribution < -0.4 is 16.0 Å². The lowest BCUT2D eigenvalue weighted by Crippen LogP contribution is -2.36. The topological polar surface area (TPSA) is 80.5 Å². The molecule has 2 atom stereocenters. The van der Waals surface area contributed by atoms with Gasteiger partial charge in [-0.3, -0.25) is 4.79 Å². The Morgan fingerprint density at radius 3 is 2.76 bits per heavy atom. The van der Waals surface area contributed by atoms with Crippen molar-refractivity contribution in [2.24, 2.45) is 11.7 Å². The Hall–Kier alpha value is -1.66. The van der Waals surface area contributed by atoms with Gasteiger partial charge in [0.2, 0.25) is 5.91 Å². The van der Waals surface area contributed by atoms with Crippen molar-refractivity contribution in [2.45, 2.75) is 25.3 Å². The molecule has 6 nitrogen and oxygen atoms in total. The SMILES string of the molecule is NC1CCC(C(=O)Nc2ccc(N3CCOCC3)nc2)C1. The third-order valence-electron chi connectivity index (χ3n) is 4.19. The Labute approximate surface area is 124 Å². The number of carbonyl (C=O) groups excluding carboxylic acids is 1. The molecule has 1 aromatic heterocycles. The molecule has 0 aromatic carbocycles. The van der Waals surface area contributed by atoms with Crippen LogP contribution in [0.15, 0.2) is 18.3 Å². The molecule has 114 valence electrons. The summed E-state index contributed by atoms with van der Waals surface area (Å²) in [6, 6.07) is 4.02. The van der Waals surface area contributed by atoms with Crippen LogP contribution in [-0.4, -0.2) is 43.2 Å². The van der Waals surface area contributed by atoms with E-state index >= 15 is 0 Å². The van der Waals surface area contributed by atoms with Gasteiger partial charge in [0.25, 0.3) is 0 Å². The first-order valence-corrected chi connectivity index (χ1v) is 7.57. The third-order valence-corrected chi connectivity index (χ3v) is 4.19. The molecule has 3 rings (SSSR count). The molecule has 1 saturated heterocycles. The van der Waals surface area contributed by atoms with Gasteiger partial charge in [-0.2, -0.15) is 0 Å². The fourth-order valence-corrected chi connectivity index (χ4v) is 2.94. The summed E-state index contributed by atoms with van der Waals surface area (Å²) in [5.74, 6) is 1.03. The lowest BCUT2D eigenvalue weighted by molar-refractivity contribution is -0.119. The van der Waals surface area contributed by atoms with E-state index in [1.165, 1.54) is 0 Å². The monoisotopic (exact) mass is 290 g/mol. The van der Waals surface area contributed by atoms with Crippen LogP contribution in [0.1, 0.15) is 19.3 Å². The number of rotatable bonds is 3. The normalized spacial score (nSPS) is 25.9. The van der Waals surface area contributed by atoms with Gasteiger partial charge in [-0.25, -0.2) is 4.98 Å². The summed E-state index contributed by atoms with van der Waals surface area (Å²) in [7, 11) is 0. The Morgan fingerprint density at radius 1 is 1.33 bits per heavy atom. The number of pyridine rings is 1. The Kier molecular flexibility index (Phi) is 4.36. The molecule has 6 heteroatoms. The summed E-state index contributed by atoms with van der Waals surface area (Å²) in [6.45, 7) is 3.20. The highest BCUT2D eigenvalue weighted by Crippen LogP contribution is 2.25. The summed E-state index contributed by atoms with van der Waals surface area (Å²) >= 11 is 0. The number of aromatic nitrogens is 1. The first kappa shape index (κ1) is 14.3. The molecule has 1 saturated carbocycles. The first-order valence-electron chi connectivity index (χ1n) is 7.57. The van der Waals surface area contributed by atoms with Crippen LogP contribution >= 0.6 is 0 Å². The largest absolute Gasteiger partial charge is 0.378 e. The van der Waals surface area contributed by atoms with E-state index in [4.69, 9.17) is 10.5 Å². The van der Waals surface area contributed by atoms with Gasteiger partial charge < -0.3 is 20.7 Å². The number of hydrogen-bond acceptors (Lipinski definition) is 5. The van der Waals surface area contributed by atoms with Crippen LogP contribution in [-0.2, 0) is 9.53 Å². The van der Waals surface area contributed by atoms with Gasteiger partial charge in [-0.15, -0.1) is 0 Å². The highest BCUT2D eigenvalue weighted by atomic mass is 16.5. The van der Waals surface area contributed by atoms with E-state index in [0.717, 1.165) is 57.1 Å². The molecule has 2 heterocycles. The molecular formula is C15H22N4O2. The van der Waals surface area contributed by atoms with E-state index in [1.54, 1.807) is 6.20 Å². The molecule has 1 aliphatic carbocycles. The minimum Gasteiger partial charge on any atom is -0.378 e. The third kappa shape index (κ3) is 3.51. The maximum Gasteiger partial charge on any atom is 0.227 e. The maximum atomic E-state index is 12.1. The zero-order chi connectivity index (χ0) is 14.7. The average molecular weight is 290 g/mol. The van der Waals surface area contributed by atoms with Crippen LogP contribution in [0, 0.1) is 5.92 Å². The number of morpholine rings is 1. The second kappa shape index (κ2) is 6.41. The second-order valence-electron chi connectivity index (χ2n) is 5.76. The minimum atomic E-state index is 0.0407. The average Bonchev–Trinajstić information content (AvgIpc) is 2.96. The zero-order valence-corrected chi connectivity index (χ0v) is 12.1. The molecule has 1 aromatic rings. The van der Waals surface area contributed by atoms with E-state index in [-0.39, 0.29) is 17.9 Å². The molecule has 2 fully saturated rings. The Balaban J connectivity index is 1.57. The number of nitrogens with one attached hydrogen (secondary N) is 1. The number of anilines is 2. The Morgan fingerprint density at radius 2 is 2.14 bits per heavy atom. The lowest BCUT2D eigenvalue weighted by atomic mass is 10.1. The van der Waals surface area contributed by atoms with Crippen molar-refractivity contribution in [3.8, 4) is 0 Å². The van der Waals surface area contributed by atoms with Crippen molar-refractivity contribution >= 4 is 17.4 Å². The van der Waals surface area contributed by atoms with Crippen molar-refractivity contribution in [2.75, 3.05) is 36.5 Å². The van der Waals surface area contributed by atoms with E-state index in [1.807, 2.05) is 12.1 Å². The number of ether oxygens (including phenoxy) is 1. The smallest absolute Gasteiger partial charge is 0.227 e. The number of nitrogens with two attached hydrogens (primary N) is 1. The van der Waals surface area contributed by atoms with Gasteiger partial charge in [-0.05, 0) is 31.4 Å². The molecule has 0 spiro atoms. The molecule has 1 amide bonds. The number of carbonyl (C=O) groups is 1. The molecule has 0 bridgehead atoms. The number of nitrogens with zero attached hydrogens (tertiary/aromatic N) is 2. The fraction of sp³-hybridized carbons (Fsp3) is 0.600. The van der Waals surface area contributed by atoms with Crippen molar-refractivity contribution in [3.05, 3.63) is 18.3 Å². The highest BCUT2D eigenvalue weighted by Gasteiger charge is 2.27. The zero-order valence-electron chi connectivity index (χ0n) is 12.1. The van der Waals surface area contributed by atoms with Gasteiger partial charge in [0.1, 0.15) is 5.82 Å². The first-order chi connectivity index (χ1) is 10.2. The summed E-state index contributed by atoms with van der Waals surface area (Å²) in [6.07, 6.45) is 4.32. The molecule has 3 N–H and O–H groups in total. The van der Waals surface area contributed by atoms with Crippen molar-refractivity contribution in [1.29, 1.82) is 0 Å². The maximum absolute atomic E-state index is 12.1. The summed E-state index contributed by atoms with van der Waals surface area (Å²) in [4.78, 5) is 18.7. The van der Waals surface area contributed by atoms with Crippen LogP contribution in [0.3, 0.4) is 0 Å². The predicted molar refractivity (Wildman–Crippen MR) is 81.2 cm³/mol. The van der Waals surface area contributed by atoms with Crippen molar-refractivity contribution < 1.29 is 9.53 Å².